The van der Waals surface area contributed by atoms with Gasteiger partial charge in [0.15, 0.2) is 0 Å². The number of benzene rings is 3. The molecule has 6 nitrogen and oxygen atoms in total. The van der Waals surface area contributed by atoms with Crippen molar-refractivity contribution in [1.82, 2.24) is 4.90 Å². The fourth-order valence-corrected chi connectivity index (χ4v) is 4.55. The first kappa shape index (κ1) is 25.0. The van der Waals surface area contributed by atoms with Gasteiger partial charge < -0.3 is 19.5 Å². The Kier molecular flexibility index (Phi) is 6.88. The Hall–Kier alpha value is -4.06. The number of ketones is 1. The second-order valence-corrected chi connectivity index (χ2v) is 9.85. The molecule has 1 N–H and O–H groups in total. The van der Waals surface area contributed by atoms with Gasteiger partial charge in [-0.25, -0.2) is 0 Å². The van der Waals surface area contributed by atoms with Gasteiger partial charge >= 0.3 is 0 Å². The van der Waals surface area contributed by atoms with Gasteiger partial charge in [0.1, 0.15) is 17.3 Å². The third kappa shape index (κ3) is 4.71. The number of methoxy groups -OCH3 is 2. The molecule has 0 aliphatic carbocycles. The summed E-state index contributed by atoms with van der Waals surface area (Å²) in [5, 5.41) is 11.5. The molecule has 0 saturated carbocycles. The first-order valence-corrected chi connectivity index (χ1v) is 11.8. The van der Waals surface area contributed by atoms with Gasteiger partial charge in [0, 0.05) is 17.7 Å². The molecule has 1 fully saturated rings. The van der Waals surface area contributed by atoms with Gasteiger partial charge in [-0.1, -0.05) is 63.2 Å². The summed E-state index contributed by atoms with van der Waals surface area (Å²) >= 11 is 0. The summed E-state index contributed by atoms with van der Waals surface area (Å²) < 4.78 is 10.8. The molecule has 0 radical (unpaired) electrons. The maximum absolute atomic E-state index is 13.4. The van der Waals surface area contributed by atoms with Crippen molar-refractivity contribution in [2.45, 2.75) is 38.8 Å². The molecule has 1 saturated heterocycles. The lowest BCUT2D eigenvalue weighted by Gasteiger charge is -2.26. The monoisotopic (exact) mass is 485 g/mol. The zero-order chi connectivity index (χ0) is 26.0. The second-order valence-electron chi connectivity index (χ2n) is 9.85. The van der Waals surface area contributed by atoms with E-state index in [9.17, 15) is 14.7 Å². The molecule has 1 amide bonds. The first-order chi connectivity index (χ1) is 17.2. The molecule has 6 heteroatoms. The van der Waals surface area contributed by atoms with E-state index >= 15 is 0 Å². The summed E-state index contributed by atoms with van der Waals surface area (Å²) in [6, 6.07) is 21.2. The summed E-state index contributed by atoms with van der Waals surface area (Å²) in [5.41, 5.74) is 2.75. The summed E-state index contributed by atoms with van der Waals surface area (Å²) in [6.45, 7) is 6.35. The normalized spacial score (nSPS) is 17.4. The third-order valence-electron chi connectivity index (χ3n) is 6.45. The number of carbonyl (C=O) groups excluding carboxylic acids is 2. The van der Waals surface area contributed by atoms with E-state index < -0.39 is 17.7 Å². The van der Waals surface area contributed by atoms with Crippen LogP contribution < -0.4 is 9.47 Å². The molecule has 0 spiro atoms. The lowest BCUT2D eigenvalue weighted by Crippen LogP contribution is -2.29. The van der Waals surface area contributed by atoms with Gasteiger partial charge in [-0.15, -0.1) is 0 Å². The quantitative estimate of drug-likeness (QED) is 0.278. The summed E-state index contributed by atoms with van der Waals surface area (Å²) in [7, 11) is 3.19. The summed E-state index contributed by atoms with van der Waals surface area (Å²) in [5.74, 6) is -0.158. The van der Waals surface area contributed by atoms with Crippen molar-refractivity contribution in [3.05, 3.63) is 101 Å². The van der Waals surface area contributed by atoms with Crippen molar-refractivity contribution in [1.29, 1.82) is 0 Å². The summed E-state index contributed by atoms with van der Waals surface area (Å²) in [4.78, 5) is 28.1. The van der Waals surface area contributed by atoms with Crippen LogP contribution in [0.15, 0.2) is 78.4 Å². The first-order valence-electron chi connectivity index (χ1n) is 11.8. The minimum atomic E-state index is -0.728. The number of nitrogens with zero attached hydrogens (tertiary/aromatic N) is 1. The fraction of sp³-hybridized carbons (Fsp3) is 0.267. The number of hydrogen-bond acceptors (Lipinski definition) is 5. The van der Waals surface area contributed by atoms with E-state index in [1.807, 2.05) is 81.4 Å². The van der Waals surface area contributed by atoms with E-state index in [1.54, 1.807) is 26.4 Å². The number of aliphatic hydroxyl groups is 1. The van der Waals surface area contributed by atoms with Crippen molar-refractivity contribution >= 4 is 17.4 Å². The maximum atomic E-state index is 13.4. The lowest BCUT2D eigenvalue weighted by atomic mass is 9.84. The van der Waals surface area contributed by atoms with Crippen LogP contribution in [0, 0.1) is 0 Å². The molecule has 1 heterocycles. The topological polar surface area (TPSA) is 76.1 Å². The highest BCUT2D eigenvalue weighted by atomic mass is 16.5. The average Bonchev–Trinajstić information content (AvgIpc) is 3.13. The van der Waals surface area contributed by atoms with Crippen LogP contribution in [0.25, 0.3) is 5.76 Å². The average molecular weight is 486 g/mol. The molecule has 1 atom stereocenters. The van der Waals surface area contributed by atoms with E-state index in [2.05, 4.69) is 0 Å². The molecule has 1 aliphatic heterocycles. The molecule has 1 unspecified atom stereocenters. The summed E-state index contributed by atoms with van der Waals surface area (Å²) in [6.07, 6.45) is 0. The number of aliphatic hydroxyl groups excluding tert-OH is 1. The zero-order valence-corrected chi connectivity index (χ0v) is 21.2. The molecule has 3 aromatic rings. The van der Waals surface area contributed by atoms with Gasteiger partial charge in [-0.05, 0) is 46.9 Å². The van der Waals surface area contributed by atoms with E-state index in [-0.39, 0.29) is 23.3 Å². The Balaban J connectivity index is 1.85. The van der Waals surface area contributed by atoms with E-state index in [4.69, 9.17) is 9.47 Å². The van der Waals surface area contributed by atoms with Crippen molar-refractivity contribution in [2.75, 3.05) is 14.2 Å². The molecule has 1 aliphatic rings. The number of hydrogen-bond donors (Lipinski definition) is 1. The van der Waals surface area contributed by atoms with Crippen LogP contribution in [-0.2, 0) is 21.5 Å². The number of ether oxygens (including phenoxy) is 2. The smallest absolute Gasteiger partial charge is 0.295 e. The van der Waals surface area contributed by atoms with Gasteiger partial charge in [0.05, 0.1) is 25.8 Å². The Morgan fingerprint density at radius 1 is 0.917 bits per heavy atom. The largest absolute Gasteiger partial charge is 0.507 e. The number of amides is 1. The Morgan fingerprint density at radius 2 is 1.58 bits per heavy atom. The standard InChI is InChI=1S/C30H31NO5/c1-30(2,3)23-17-21(13-16-24(23)36-5)27(32)25-26(20-9-7-6-8-10-20)31(29(34)28(25)33)18-19-11-14-22(35-4)15-12-19/h6-17,26,32H,18H2,1-5H3/b27-25-. The molecule has 0 aromatic heterocycles. The van der Waals surface area contributed by atoms with E-state index in [0.717, 1.165) is 16.7 Å². The van der Waals surface area contributed by atoms with Crippen molar-refractivity contribution in [3.8, 4) is 11.5 Å². The highest BCUT2D eigenvalue weighted by Crippen LogP contribution is 2.41. The van der Waals surface area contributed by atoms with Crippen molar-refractivity contribution < 1.29 is 24.2 Å². The van der Waals surface area contributed by atoms with Crippen LogP contribution in [0.4, 0.5) is 0 Å². The molecule has 4 rings (SSSR count). The van der Waals surface area contributed by atoms with Crippen LogP contribution in [0.5, 0.6) is 11.5 Å². The minimum Gasteiger partial charge on any atom is -0.507 e. The van der Waals surface area contributed by atoms with Gasteiger partial charge in [-0.2, -0.15) is 0 Å². The Bertz CT molecular complexity index is 1300. The van der Waals surface area contributed by atoms with Crippen LogP contribution in [0.1, 0.15) is 49.1 Å². The third-order valence-corrected chi connectivity index (χ3v) is 6.45. The van der Waals surface area contributed by atoms with Crippen molar-refractivity contribution in [2.24, 2.45) is 0 Å². The molecular formula is C30H31NO5. The predicted molar refractivity (Wildman–Crippen MR) is 139 cm³/mol. The van der Waals surface area contributed by atoms with Crippen LogP contribution >= 0.6 is 0 Å². The molecule has 36 heavy (non-hydrogen) atoms. The molecular weight excluding hydrogens is 454 g/mol. The minimum absolute atomic E-state index is 0.0738. The molecule has 186 valence electrons. The number of rotatable bonds is 6. The fourth-order valence-electron chi connectivity index (χ4n) is 4.55. The number of Topliss-reactive ketones (excluding diaryl/α,β-unsaturated/α-hetero) is 1. The predicted octanol–water partition coefficient (Wildman–Crippen LogP) is 5.62. The van der Waals surface area contributed by atoms with Crippen molar-refractivity contribution in [3.63, 3.8) is 0 Å². The van der Waals surface area contributed by atoms with E-state index in [1.165, 1.54) is 4.90 Å². The maximum Gasteiger partial charge on any atom is 0.295 e. The highest BCUT2D eigenvalue weighted by Gasteiger charge is 2.46. The van der Waals surface area contributed by atoms with Gasteiger partial charge in [0.25, 0.3) is 11.7 Å². The molecule has 3 aromatic carbocycles. The van der Waals surface area contributed by atoms with Crippen LogP contribution in [0.2, 0.25) is 0 Å². The molecule has 0 bridgehead atoms. The highest BCUT2D eigenvalue weighted by molar-refractivity contribution is 6.46. The number of likely N-dealkylation sites (tertiary alicyclic amines) is 1. The van der Waals surface area contributed by atoms with Gasteiger partial charge in [-0.3, -0.25) is 9.59 Å². The Labute approximate surface area is 211 Å². The zero-order valence-electron chi connectivity index (χ0n) is 21.2. The number of carbonyl (C=O) groups is 2. The lowest BCUT2D eigenvalue weighted by molar-refractivity contribution is -0.140. The Morgan fingerprint density at radius 3 is 2.17 bits per heavy atom. The van der Waals surface area contributed by atoms with Gasteiger partial charge in [0.2, 0.25) is 0 Å². The SMILES string of the molecule is COc1ccc(CN2C(=O)C(=O)/C(=C(\O)c3ccc(OC)c(C(C)(C)C)c3)C2c2ccccc2)cc1. The van der Waals surface area contributed by atoms with Crippen LogP contribution in [-0.4, -0.2) is 35.9 Å². The second kappa shape index (κ2) is 9.90. The van der Waals surface area contributed by atoms with E-state index in [0.29, 0.717) is 17.1 Å². The van der Waals surface area contributed by atoms with Crippen LogP contribution in [0.3, 0.4) is 0 Å².